The van der Waals surface area contributed by atoms with Crippen molar-refractivity contribution in [2.75, 3.05) is 24.9 Å². The number of aromatic nitrogens is 1. The normalized spacial score (nSPS) is 10.3. The second kappa shape index (κ2) is 8.63. The lowest BCUT2D eigenvalue weighted by Gasteiger charge is -2.13. The molecule has 0 bridgehead atoms. The molecule has 7 heteroatoms. The first-order valence-electron chi connectivity index (χ1n) is 8.52. The Balaban J connectivity index is 1.80. The summed E-state index contributed by atoms with van der Waals surface area (Å²) >= 11 is 6.16. The number of anilines is 3. The number of nitrogens with zero attached hydrogens (tertiary/aromatic N) is 1. The molecule has 2 N–H and O–H groups in total. The van der Waals surface area contributed by atoms with E-state index in [1.807, 2.05) is 25.1 Å². The molecule has 144 valence electrons. The molecule has 6 nitrogen and oxygen atoms in total. The number of hydrogen-bond acceptors (Lipinski definition) is 5. The van der Waals surface area contributed by atoms with E-state index in [1.165, 1.54) is 13.3 Å². The molecule has 1 heterocycles. The zero-order chi connectivity index (χ0) is 20.1. The van der Waals surface area contributed by atoms with Crippen molar-refractivity contribution < 1.29 is 14.3 Å². The Morgan fingerprint density at radius 2 is 1.86 bits per heavy atom. The standard InChI is InChI=1S/C21H20ClN3O3/c1-13-17(22)5-4-6-18(13)24-15-9-14(11-23-12-15)21(26)25-19-8-7-16(27-2)10-20(19)28-3/h4-12,24H,1-3H3,(H,25,26). The monoisotopic (exact) mass is 397 g/mol. The number of halogens is 1. The van der Waals surface area contributed by atoms with Gasteiger partial charge in [-0.05, 0) is 42.8 Å². The highest BCUT2D eigenvalue weighted by Gasteiger charge is 2.12. The lowest BCUT2D eigenvalue weighted by atomic mass is 10.2. The van der Waals surface area contributed by atoms with E-state index in [2.05, 4.69) is 15.6 Å². The zero-order valence-corrected chi connectivity index (χ0v) is 16.5. The highest BCUT2D eigenvalue weighted by molar-refractivity contribution is 6.31. The molecular formula is C21H20ClN3O3. The van der Waals surface area contributed by atoms with E-state index < -0.39 is 0 Å². The fourth-order valence-electron chi connectivity index (χ4n) is 2.63. The number of carbonyl (C=O) groups excluding carboxylic acids is 1. The van der Waals surface area contributed by atoms with Crippen LogP contribution < -0.4 is 20.1 Å². The highest BCUT2D eigenvalue weighted by atomic mass is 35.5. The summed E-state index contributed by atoms with van der Waals surface area (Å²) in [6.45, 7) is 1.92. The Morgan fingerprint density at radius 3 is 2.61 bits per heavy atom. The van der Waals surface area contributed by atoms with Crippen LogP contribution >= 0.6 is 11.6 Å². The summed E-state index contributed by atoms with van der Waals surface area (Å²) in [6, 6.07) is 12.5. The molecule has 0 radical (unpaired) electrons. The van der Waals surface area contributed by atoms with Crippen molar-refractivity contribution in [2.24, 2.45) is 0 Å². The Hall–Kier alpha value is -3.25. The number of hydrogen-bond donors (Lipinski definition) is 2. The summed E-state index contributed by atoms with van der Waals surface area (Å²) in [5.74, 6) is 0.839. The lowest BCUT2D eigenvalue weighted by molar-refractivity contribution is 0.102. The second-order valence-electron chi connectivity index (χ2n) is 6.02. The van der Waals surface area contributed by atoms with Crippen molar-refractivity contribution in [2.45, 2.75) is 6.92 Å². The van der Waals surface area contributed by atoms with E-state index in [-0.39, 0.29) is 5.91 Å². The molecule has 3 aromatic rings. The third-order valence-corrected chi connectivity index (χ3v) is 4.61. The van der Waals surface area contributed by atoms with Crippen LogP contribution in [0.3, 0.4) is 0 Å². The zero-order valence-electron chi connectivity index (χ0n) is 15.7. The summed E-state index contributed by atoms with van der Waals surface area (Å²) in [7, 11) is 3.10. The minimum Gasteiger partial charge on any atom is -0.497 e. The predicted molar refractivity (Wildman–Crippen MR) is 111 cm³/mol. The molecular weight excluding hydrogens is 378 g/mol. The van der Waals surface area contributed by atoms with E-state index >= 15 is 0 Å². The van der Waals surface area contributed by atoms with Crippen LogP contribution in [0.15, 0.2) is 54.9 Å². The number of nitrogens with one attached hydrogen (secondary N) is 2. The van der Waals surface area contributed by atoms with Gasteiger partial charge in [0.15, 0.2) is 0 Å². The number of methoxy groups -OCH3 is 2. The third-order valence-electron chi connectivity index (χ3n) is 4.20. The molecule has 0 spiro atoms. The summed E-state index contributed by atoms with van der Waals surface area (Å²) in [4.78, 5) is 16.8. The quantitative estimate of drug-likeness (QED) is 0.608. The van der Waals surface area contributed by atoms with Gasteiger partial charge in [0.05, 0.1) is 37.4 Å². The summed E-state index contributed by atoms with van der Waals surface area (Å²) in [6.07, 6.45) is 3.15. The van der Waals surface area contributed by atoms with Gasteiger partial charge in [0.1, 0.15) is 11.5 Å². The fraction of sp³-hybridized carbons (Fsp3) is 0.143. The predicted octanol–water partition coefficient (Wildman–Crippen LogP) is 5.06. The van der Waals surface area contributed by atoms with Gasteiger partial charge >= 0.3 is 0 Å². The largest absolute Gasteiger partial charge is 0.497 e. The number of rotatable bonds is 6. The minimum atomic E-state index is -0.303. The maximum atomic E-state index is 12.7. The van der Waals surface area contributed by atoms with Crippen molar-refractivity contribution in [1.29, 1.82) is 0 Å². The molecule has 0 aliphatic rings. The average Bonchev–Trinajstić information content (AvgIpc) is 2.72. The van der Waals surface area contributed by atoms with Crippen LogP contribution in [0.1, 0.15) is 15.9 Å². The Bertz CT molecular complexity index is 1010. The molecule has 0 aliphatic heterocycles. The SMILES string of the molecule is COc1ccc(NC(=O)c2cncc(Nc3cccc(Cl)c3C)c2)c(OC)c1. The van der Waals surface area contributed by atoms with Crippen LogP contribution in [-0.4, -0.2) is 25.1 Å². The van der Waals surface area contributed by atoms with Crippen LogP contribution in [0.5, 0.6) is 11.5 Å². The van der Waals surface area contributed by atoms with Crippen LogP contribution in [0.4, 0.5) is 17.1 Å². The lowest BCUT2D eigenvalue weighted by Crippen LogP contribution is -2.13. The van der Waals surface area contributed by atoms with E-state index in [4.69, 9.17) is 21.1 Å². The number of carbonyl (C=O) groups is 1. The van der Waals surface area contributed by atoms with Gasteiger partial charge in [-0.15, -0.1) is 0 Å². The number of benzene rings is 2. The van der Waals surface area contributed by atoms with Gasteiger partial charge in [0.25, 0.3) is 5.91 Å². The molecule has 0 atom stereocenters. The van der Waals surface area contributed by atoms with E-state index in [0.29, 0.717) is 33.5 Å². The Morgan fingerprint density at radius 1 is 1.04 bits per heavy atom. The molecule has 28 heavy (non-hydrogen) atoms. The third kappa shape index (κ3) is 4.35. The maximum absolute atomic E-state index is 12.7. The van der Waals surface area contributed by atoms with Crippen molar-refractivity contribution >= 4 is 34.6 Å². The molecule has 0 saturated heterocycles. The summed E-state index contributed by atoms with van der Waals surface area (Å²) < 4.78 is 10.5. The van der Waals surface area contributed by atoms with Gasteiger partial charge in [-0.2, -0.15) is 0 Å². The first-order valence-corrected chi connectivity index (χ1v) is 8.90. The number of pyridine rings is 1. The Kier molecular flexibility index (Phi) is 6.01. The second-order valence-corrected chi connectivity index (χ2v) is 6.43. The Labute approximate surface area is 168 Å². The maximum Gasteiger partial charge on any atom is 0.257 e. The van der Waals surface area contributed by atoms with Gasteiger partial charge in [-0.25, -0.2) is 0 Å². The minimum absolute atomic E-state index is 0.303. The molecule has 0 saturated carbocycles. The van der Waals surface area contributed by atoms with Gasteiger partial charge < -0.3 is 20.1 Å². The summed E-state index contributed by atoms with van der Waals surface area (Å²) in [5, 5.41) is 6.74. The first kappa shape index (κ1) is 19.5. The van der Waals surface area contributed by atoms with Crippen LogP contribution in [0, 0.1) is 6.92 Å². The van der Waals surface area contributed by atoms with Crippen molar-refractivity contribution in [3.63, 3.8) is 0 Å². The van der Waals surface area contributed by atoms with Crippen molar-refractivity contribution in [3.8, 4) is 11.5 Å². The van der Waals surface area contributed by atoms with Gasteiger partial charge in [-0.1, -0.05) is 17.7 Å². The van der Waals surface area contributed by atoms with Gasteiger partial charge in [0.2, 0.25) is 0 Å². The van der Waals surface area contributed by atoms with E-state index in [0.717, 1.165) is 11.3 Å². The molecule has 2 aromatic carbocycles. The molecule has 3 rings (SSSR count). The number of ether oxygens (including phenoxy) is 2. The molecule has 0 unspecified atom stereocenters. The van der Waals surface area contributed by atoms with E-state index in [9.17, 15) is 4.79 Å². The first-order chi connectivity index (χ1) is 13.5. The summed E-state index contributed by atoms with van der Waals surface area (Å²) in [5.41, 5.74) is 3.39. The van der Waals surface area contributed by atoms with Crippen LogP contribution in [-0.2, 0) is 0 Å². The molecule has 0 fully saturated rings. The molecule has 1 amide bonds. The molecule has 1 aromatic heterocycles. The van der Waals surface area contributed by atoms with Gasteiger partial charge in [0, 0.05) is 23.0 Å². The van der Waals surface area contributed by atoms with Crippen molar-refractivity contribution in [1.82, 2.24) is 4.98 Å². The van der Waals surface area contributed by atoms with E-state index in [1.54, 1.807) is 37.6 Å². The smallest absolute Gasteiger partial charge is 0.257 e. The van der Waals surface area contributed by atoms with Crippen molar-refractivity contribution in [3.05, 3.63) is 71.0 Å². The van der Waals surface area contributed by atoms with Gasteiger partial charge in [-0.3, -0.25) is 9.78 Å². The molecule has 0 aliphatic carbocycles. The van der Waals surface area contributed by atoms with Crippen LogP contribution in [0.2, 0.25) is 5.02 Å². The van der Waals surface area contributed by atoms with Crippen LogP contribution in [0.25, 0.3) is 0 Å². The average molecular weight is 398 g/mol. The fourth-order valence-corrected chi connectivity index (χ4v) is 2.80. The topological polar surface area (TPSA) is 72.5 Å². The highest BCUT2D eigenvalue weighted by Crippen LogP contribution is 2.30. The number of amides is 1.